The monoisotopic (exact) mass is 355 g/mol. The predicted molar refractivity (Wildman–Crippen MR) is 64.3 cm³/mol. The molecule has 0 bridgehead atoms. The van der Waals surface area contributed by atoms with Crippen molar-refractivity contribution in [2.75, 3.05) is 0 Å². The summed E-state index contributed by atoms with van der Waals surface area (Å²) in [5.41, 5.74) is 4.68. The summed E-state index contributed by atoms with van der Waals surface area (Å²) in [7, 11) is 0. The predicted octanol–water partition coefficient (Wildman–Crippen LogP) is 4.78. The quantitative estimate of drug-likeness (QED) is 0.686. The van der Waals surface area contributed by atoms with Crippen LogP contribution < -0.4 is 0 Å². The Morgan fingerprint density at radius 1 is 0.933 bits per heavy atom. The van der Waals surface area contributed by atoms with Gasteiger partial charge in [-0.2, -0.15) is 22.8 Å². The molecule has 0 nitrogen and oxygen atoms in total. The van der Waals surface area contributed by atoms with Gasteiger partial charge in [0, 0.05) is 38.2 Å². The van der Waals surface area contributed by atoms with E-state index in [0.717, 1.165) is 0 Å². The largest absolute Gasteiger partial charge is 0.210 e. The summed E-state index contributed by atoms with van der Waals surface area (Å²) in [6.07, 6.45) is 0. The molecule has 0 saturated carbocycles. The van der Waals surface area contributed by atoms with Crippen LogP contribution in [0.5, 0.6) is 0 Å². The molecular weight excluding hydrogens is 331 g/mol. The Kier molecular flexibility index (Phi) is 6.65. The van der Waals surface area contributed by atoms with Gasteiger partial charge in [0.05, 0.1) is 0 Å². The smallest absolute Gasteiger partial charge is 0 e. The average Bonchev–Trinajstić information content (AvgIpc) is 2.46. The fourth-order valence-electron chi connectivity index (χ4n) is 2.20. The third-order valence-electron chi connectivity index (χ3n) is 2.89. The molecule has 0 unspecified atom stereocenters. The van der Waals surface area contributed by atoms with E-state index in [4.69, 9.17) is 0 Å². The first-order valence-electron chi connectivity index (χ1n) is 5.74. The van der Waals surface area contributed by atoms with Gasteiger partial charge in [-0.15, -0.1) is 0 Å². The first-order chi connectivity index (χ1) is 6.45. The normalized spacial score (nSPS) is 11.3. The van der Waals surface area contributed by atoms with E-state index < -0.39 is 0 Å². The second-order valence-corrected chi connectivity index (χ2v) is 5.12. The Morgan fingerprint density at radius 3 is 1.80 bits per heavy atom. The fraction of sp³-hybridized carbons (Fsp3) is 0.643. The third-order valence-corrected chi connectivity index (χ3v) is 2.89. The molecule has 0 aromatic heterocycles. The second-order valence-electron chi connectivity index (χ2n) is 5.12. The molecule has 0 amide bonds. The molecular formula is C14H23Dy-. The van der Waals surface area contributed by atoms with E-state index in [0.29, 0.717) is 17.8 Å². The first-order valence-corrected chi connectivity index (χ1v) is 5.74. The third kappa shape index (κ3) is 3.55. The summed E-state index contributed by atoms with van der Waals surface area (Å²) in [4.78, 5) is 0. The topological polar surface area (TPSA) is 0 Å². The van der Waals surface area contributed by atoms with Crippen LogP contribution in [-0.2, 0) is 0 Å². The van der Waals surface area contributed by atoms with Crippen LogP contribution in [0.15, 0.2) is 12.1 Å². The Bertz CT molecular complexity index is 267. The molecule has 0 aliphatic rings. The van der Waals surface area contributed by atoms with Gasteiger partial charge in [0.1, 0.15) is 0 Å². The van der Waals surface area contributed by atoms with Gasteiger partial charge in [-0.1, -0.05) is 53.4 Å². The molecule has 0 atom stereocenters. The van der Waals surface area contributed by atoms with Crippen molar-refractivity contribution < 1.29 is 38.2 Å². The maximum absolute atomic E-state index is 2.31. The van der Waals surface area contributed by atoms with Crippen LogP contribution in [0, 0.1) is 38.2 Å². The SMILES string of the molecule is CC(C)c1cc[c-](C(C)C)c1C(C)C.[Dy]. The average molecular weight is 354 g/mol. The number of hydrogen-bond acceptors (Lipinski definition) is 0. The van der Waals surface area contributed by atoms with E-state index >= 15 is 0 Å². The molecule has 0 fully saturated rings. The van der Waals surface area contributed by atoms with Gasteiger partial charge >= 0.3 is 0 Å². The molecule has 0 saturated heterocycles. The zero-order valence-corrected chi connectivity index (χ0v) is 12.7. The summed E-state index contributed by atoms with van der Waals surface area (Å²) in [6, 6.07) is 4.63. The molecule has 1 rings (SSSR count). The summed E-state index contributed by atoms with van der Waals surface area (Å²) in [6.45, 7) is 13.7. The molecule has 0 radical (unpaired) electrons. The maximum Gasteiger partial charge on any atom is 0 e. The van der Waals surface area contributed by atoms with Gasteiger partial charge in [-0.25, -0.2) is 6.07 Å². The minimum absolute atomic E-state index is 0. The van der Waals surface area contributed by atoms with Gasteiger partial charge in [-0.3, -0.25) is 0 Å². The van der Waals surface area contributed by atoms with Gasteiger partial charge in [0.2, 0.25) is 0 Å². The van der Waals surface area contributed by atoms with Gasteiger partial charge < -0.3 is 0 Å². The summed E-state index contributed by atoms with van der Waals surface area (Å²) in [5, 5.41) is 0. The van der Waals surface area contributed by atoms with Gasteiger partial charge in [0.15, 0.2) is 0 Å². The van der Waals surface area contributed by atoms with Crippen LogP contribution in [0.1, 0.15) is 76.0 Å². The summed E-state index contributed by atoms with van der Waals surface area (Å²) < 4.78 is 0. The van der Waals surface area contributed by atoms with Crippen molar-refractivity contribution in [3.8, 4) is 0 Å². The van der Waals surface area contributed by atoms with Crippen molar-refractivity contribution in [1.29, 1.82) is 0 Å². The minimum Gasteiger partial charge on any atom is -0.210 e. The minimum atomic E-state index is 0. The fourth-order valence-corrected chi connectivity index (χ4v) is 2.20. The molecule has 0 N–H and O–H groups in total. The van der Waals surface area contributed by atoms with E-state index in [2.05, 4.69) is 53.7 Å². The van der Waals surface area contributed by atoms with Gasteiger partial charge in [0.25, 0.3) is 0 Å². The standard InChI is InChI=1S/C14H23.Dy/c1-9(2)12-7-8-13(10(3)4)14(12)11(5)6;/h7-11H,1-6H3;/q-1;. The van der Waals surface area contributed by atoms with Crippen LogP contribution in [0.3, 0.4) is 0 Å². The molecule has 1 aromatic rings. The molecule has 90 valence electrons. The second kappa shape index (κ2) is 6.38. The van der Waals surface area contributed by atoms with Crippen LogP contribution in [0.25, 0.3) is 0 Å². The van der Waals surface area contributed by atoms with Crippen molar-refractivity contribution in [2.24, 2.45) is 0 Å². The van der Waals surface area contributed by atoms with Crippen molar-refractivity contribution in [2.45, 2.75) is 59.3 Å². The zero-order valence-electron chi connectivity index (χ0n) is 10.7. The number of hydrogen-bond donors (Lipinski definition) is 0. The van der Waals surface area contributed by atoms with Crippen LogP contribution in [-0.4, -0.2) is 0 Å². The first kappa shape index (κ1) is 15.6. The van der Waals surface area contributed by atoms with Crippen LogP contribution in [0.2, 0.25) is 0 Å². The molecule has 1 aromatic carbocycles. The van der Waals surface area contributed by atoms with Gasteiger partial charge in [-0.05, 0) is 5.92 Å². The zero-order chi connectivity index (χ0) is 10.9. The Labute approximate surface area is 125 Å². The van der Waals surface area contributed by atoms with E-state index in [1.165, 1.54) is 0 Å². The molecule has 15 heavy (non-hydrogen) atoms. The van der Waals surface area contributed by atoms with Crippen LogP contribution in [0.4, 0.5) is 0 Å². The van der Waals surface area contributed by atoms with E-state index in [9.17, 15) is 0 Å². The summed E-state index contributed by atoms with van der Waals surface area (Å²) in [5.74, 6) is 1.96. The van der Waals surface area contributed by atoms with Crippen molar-refractivity contribution >= 4 is 0 Å². The maximum atomic E-state index is 2.31. The Morgan fingerprint density at radius 2 is 1.47 bits per heavy atom. The van der Waals surface area contributed by atoms with E-state index in [-0.39, 0.29) is 38.2 Å². The van der Waals surface area contributed by atoms with Crippen molar-refractivity contribution in [1.82, 2.24) is 0 Å². The van der Waals surface area contributed by atoms with Crippen LogP contribution >= 0.6 is 0 Å². The Hall–Kier alpha value is 0.623. The Balaban J connectivity index is 0.00000196. The molecule has 0 heterocycles. The number of rotatable bonds is 3. The molecule has 1 heteroatoms. The van der Waals surface area contributed by atoms with Crippen molar-refractivity contribution in [3.05, 3.63) is 28.8 Å². The molecule has 0 spiro atoms. The van der Waals surface area contributed by atoms with E-state index in [1.807, 2.05) is 0 Å². The van der Waals surface area contributed by atoms with Crippen molar-refractivity contribution in [3.63, 3.8) is 0 Å². The molecule has 0 aliphatic carbocycles. The summed E-state index contributed by atoms with van der Waals surface area (Å²) >= 11 is 0. The molecule has 0 aliphatic heterocycles. The van der Waals surface area contributed by atoms with E-state index in [1.54, 1.807) is 16.7 Å².